The normalized spacial score (nSPS) is 25.1. The van der Waals surface area contributed by atoms with Crippen molar-refractivity contribution < 1.29 is 75.9 Å². The fourth-order valence-electron chi connectivity index (χ4n) is 16.0. The molecule has 4 aromatic carbocycles. The fraction of sp³-hybridized carbons (Fsp3) is 0.553. The lowest BCUT2D eigenvalue weighted by atomic mass is 9.88. The van der Waals surface area contributed by atoms with Gasteiger partial charge in [-0.05, 0) is 161 Å². The Hall–Kier alpha value is -9.49. The topological polar surface area (TPSA) is 298 Å². The number of hydrogen-bond acceptors (Lipinski definition) is 14. The van der Waals surface area contributed by atoms with Crippen LogP contribution in [0.4, 0.5) is 4.39 Å². The van der Waals surface area contributed by atoms with Crippen molar-refractivity contribution in [2.24, 2.45) is 11.8 Å². The van der Waals surface area contributed by atoms with Gasteiger partial charge in [0.1, 0.15) is 53.9 Å². The van der Waals surface area contributed by atoms with Crippen LogP contribution in [0.2, 0.25) is 0 Å². The Kier molecular flexibility index (Phi) is 29.0. The van der Waals surface area contributed by atoms with Gasteiger partial charge in [-0.3, -0.25) is 57.5 Å². The Balaban J connectivity index is 1.06. The number of aryl methyl sites for hydroxylation is 2. The van der Waals surface area contributed by atoms with E-state index < -0.39 is 120 Å². The lowest BCUT2D eigenvalue weighted by Gasteiger charge is -2.37. The first kappa shape index (κ1) is 83.0. The average Bonchev–Trinajstić information content (AvgIpc) is 1.62. The average molecular weight is 1520 g/mol. The monoisotopic (exact) mass is 1520 g/mol. The van der Waals surface area contributed by atoms with Gasteiger partial charge in [-0.1, -0.05) is 80.4 Å². The summed E-state index contributed by atoms with van der Waals surface area (Å²) in [5.41, 5.74) is 3.52. The molecule has 0 radical (unpaired) electrons. The van der Waals surface area contributed by atoms with Crippen LogP contribution >= 0.6 is 0 Å². The molecule has 110 heavy (non-hydrogen) atoms. The standard InChI is InChI=1S/C85H111FN10O14/c1-55-44-66(98)31-36-77(102)93-40-13-9-8-12-39-92-53-63(68-50-64(86)29-35-72(68)92)48-62-49-73(99)70(90-81(105)69(89-79(55)103)34-30-65(97)21-11-10-14-43-96(4,5)6)47-60-19-15-20-61(45-60)51-87-76(101)54-110-74-37-42-94(83(62)107)78(74)82(106)88-56(2)80(104)91-71(46-58-27-32-67(109-7)33-28-58)84(108)95-41-17-38-85(95,3)75(100)22-16-18-57-23-25-59(52-93)26-24-57/h15,19-20,23-29,32-33,35,45,50,53,55-56,62,69-71,74,78H,8-14,16-18,21-22,30-31,34,36-44,46-49,51-52,54H2,1-7H3,(H4-,87,88,89,90,91,101,103,104,105,106)/p+1/t55-,56+,62-,69-,70+,71+,74+,78+,85+/m1/s1. The third-order valence-corrected chi connectivity index (χ3v) is 22.5. The lowest BCUT2D eigenvalue weighted by Crippen LogP contribution is -2.60. The lowest BCUT2D eigenvalue weighted by molar-refractivity contribution is -0.870. The first-order valence-electron chi connectivity index (χ1n) is 39.6. The van der Waals surface area contributed by atoms with Crippen molar-refractivity contribution in [1.82, 2.24) is 45.9 Å². The molecule has 5 N–H and O–H groups in total. The van der Waals surface area contributed by atoms with Gasteiger partial charge in [-0.2, -0.15) is 0 Å². The van der Waals surface area contributed by atoms with Crippen LogP contribution in [0.5, 0.6) is 5.75 Å². The number of halogens is 1. The maximum absolute atomic E-state index is 16.2. The molecule has 2 saturated heterocycles. The molecule has 0 spiro atoms. The van der Waals surface area contributed by atoms with Gasteiger partial charge in [0.25, 0.3) is 0 Å². The molecule has 2 fully saturated rings. The van der Waals surface area contributed by atoms with Gasteiger partial charge in [-0.15, -0.1) is 0 Å². The van der Waals surface area contributed by atoms with Gasteiger partial charge >= 0.3 is 0 Å². The highest BCUT2D eigenvalue weighted by molar-refractivity contribution is 6.00. The number of quaternary nitrogens is 1. The number of ketones is 4. The van der Waals surface area contributed by atoms with E-state index in [2.05, 4.69) is 47.7 Å². The van der Waals surface area contributed by atoms with Gasteiger partial charge in [0, 0.05) is 120 Å². The number of Topliss-reactive ketones (excluding diaryl/α,β-unsaturated/α-hetero) is 4. The molecule has 592 valence electrons. The zero-order valence-electron chi connectivity index (χ0n) is 65.1. The number of carbonyl (C=O) groups is 12. The summed E-state index contributed by atoms with van der Waals surface area (Å²) in [7, 11) is 7.81. The summed E-state index contributed by atoms with van der Waals surface area (Å²) in [6.07, 6.45) is 6.11. The van der Waals surface area contributed by atoms with E-state index in [0.717, 1.165) is 41.4 Å². The Morgan fingerprint density at radius 1 is 0.655 bits per heavy atom. The first-order valence-corrected chi connectivity index (χ1v) is 39.6. The van der Waals surface area contributed by atoms with E-state index in [4.69, 9.17) is 9.47 Å². The summed E-state index contributed by atoms with van der Waals surface area (Å²) in [6, 6.07) is 19.1. The van der Waals surface area contributed by atoms with Crippen molar-refractivity contribution >= 4 is 81.3 Å². The van der Waals surface area contributed by atoms with Crippen LogP contribution in [0.3, 0.4) is 0 Å². The third-order valence-electron chi connectivity index (χ3n) is 22.5. The molecule has 1 aromatic heterocycles. The molecule has 0 unspecified atom stereocenters. The largest absolute Gasteiger partial charge is 0.497 e. The molecule has 12 bridgehead atoms. The zero-order valence-corrected chi connectivity index (χ0v) is 65.1. The highest BCUT2D eigenvalue weighted by Gasteiger charge is 2.49. The number of unbranched alkanes of at least 4 members (excludes halogenated alkanes) is 2. The molecular weight excluding hydrogens is 1400 g/mol. The molecule has 9 atom stereocenters. The highest BCUT2D eigenvalue weighted by atomic mass is 19.1. The number of benzene rings is 4. The molecule has 0 saturated carbocycles. The molecule has 0 aliphatic carbocycles. The minimum atomic E-state index is -1.54. The number of rotatable bonds is 12. The van der Waals surface area contributed by atoms with Crippen molar-refractivity contribution in [2.75, 3.05) is 61.0 Å². The summed E-state index contributed by atoms with van der Waals surface area (Å²) in [5, 5.41) is 14.8. The minimum absolute atomic E-state index is 0.00958. The van der Waals surface area contributed by atoms with Crippen LogP contribution in [0.25, 0.3) is 10.9 Å². The second-order valence-electron chi connectivity index (χ2n) is 32.2. The maximum atomic E-state index is 16.2. The van der Waals surface area contributed by atoms with Gasteiger partial charge < -0.3 is 59.8 Å². The Morgan fingerprint density at radius 2 is 1.39 bits per heavy atom. The highest BCUT2D eigenvalue weighted by Crippen LogP contribution is 2.35. The van der Waals surface area contributed by atoms with Gasteiger partial charge in [0.2, 0.25) is 47.3 Å². The van der Waals surface area contributed by atoms with Gasteiger partial charge in [-0.25, -0.2) is 4.39 Å². The number of hydrogen-bond donors (Lipinski definition) is 5. The van der Waals surface area contributed by atoms with E-state index in [1.165, 1.54) is 31.1 Å². The van der Waals surface area contributed by atoms with Crippen molar-refractivity contribution in [3.63, 3.8) is 0 Å². The smallest absolute Gasteiger partial charge is 0.246 e. The molecule has 24 nitrogen and oxygen atoms in total. The number of amides is 8. The second kappa shape index (κ2) is 38.4. The number of carbonyl (C=O) groups excluding carboxylic acids is 12. The number of methoxy groups -OCH3 is 1. The number of ether oxygens (including phenoxy) is 2. The Bertz CT molecular complexity index is 4150. The van der Waals surface area contributed by atoms with Crippen molar-refractivity contribution in [3.8, 4) is 5.75 Å². The molecule has 8 amide bonds. The van der Waals surface area contributed by atoms with E-state index in [-0.39, 0.29) is 120 Å². The Labute approximate surface area is 645 Å². The van der Waals surface area contributed by atoms with Crippen molar-refractivity contribution in [2.45, 2.75) is 230 Å². The molecule has 11 rings (SSSR count). The van der Waals surface area contributed by atoms with E-state index in [1.807, 2.05) is 35.0 Å². The SMILES string of the molecule is COc1ccc(C[C@@H]2NC(=O)[C@H](C)NC(=O)[C@@H]3[C@@H]4CCN3C(=O)[C@H]3CC(=O)[C@H](Cc5cccc(c5)CNC(=O)CO4)NC(=O)[C@@H](CCC(=O)CCCCC[N+](C)(C)C)NC(=O)[C@H](C)CC(=O)CCC(=O)N(CCCCCCn4cc(c5cc(F)ccc54)C3)Cc3ccc(cc3)CCCC(=O)[C@]3(C)CCCN3C2=O)cc1. The number of nitrogens with zero attached hydrogens (tertiary/aromatic N) is 5. The molecule has 25 heteroatoms. The number of nitrogens with one attached hydrogen (secondary N) is 5. The van der Waals surface area contributed by atoms with Crippen LogP contribution in [-0.4, -0.2) is 197 Å². The molecular formula is C85H112FN10O14+. The number of fused-ring (bicyclic) bond motifs is 16. The van der Waals surface area contributed by atoms with E-state index in [9.17, 15) is 33.6 Å². The predicted octanol–water partition coefficient (Wildman–Crippen LogP) is 7.85. The molecule has 7 heterocycles. The summed E-state index contributed by atoms with van der Waals surface area (Å²) >= 11 is 0. The summed E-state index contributed by atoms with van der Waals surface area (Å²) in [4.78, 5) is 183. The fourth-order valence-corrected chi connectivity index (χ4v) is 16.0. The Morgan fingerprint density at radius 3 is 2.15 bits per heavy atom. The summed E-state index contributed by atoms with van der Waals surface area (Å²) in [5.74, 6) is -8.81. The van der Waals surface area contributed by atoms with Crippen LogP contribution in [0.15, 0.2) is 97.2 Å². The van der Waals surface area contributed by atoms with Crippen LogP contribution in [0, 0.1) is 17.7 Å². The molecule has 5 aromatic rings. The van der Waals surface area contributed by atoms with E-state index in [0.29, 0.717) is 103 Å². The quantitative estimate of drug-likeness (QED) is 0.0587. The van der Waals surface area contributed by atoms with Gasteiger partial charge in [0.05, 0.1) is 52.5 Å². The number of aromatic nitrogens is 1. The van der Waals surface area contributed by atoms with Crippen LogP contribution in [0.1, 0.15) is 176 Å². The zero-order chi connectivity index (χ0) is 78.8. The van der Waals surface area contributed by atoms with Crippen LogP contribution < -0.4 is 31.3 Å². The van der Waals surface area contributed by atoms with Crippen molar-refractivity contribution in [3.05, 3.63) is 136 Å². The van der Waals surface area contributed by atoms with Crippen molar-refractivity contribution in [1.29, 1.82) is 0 Å². The molecule has 6 aliphatic rings. The van der Waals surface area contributed by atoms with Crippen LogP contribution in [-0.2, 0) is 108 Å². The second-order valence-corrected chi connectivity index (χ2v) is 32.2. The molecule has 6 aliphatic heterocycles. The van der Waals surface area contributed by atoms with E-state index >= 15 is 28.4 Å². The first-order chi connectivity index (χ1) is 52.6. The predicted molar refractivity (Wildman–Crippen MR) is 412 cm³/mol. The van der Waals surface area contributed by atoms with E-state index in [1.54, 1.807) is 78.2 Å². The minimum Gasteiger partial charge on any atom is -0.497 e. The maximum Gasteiger partial charge on any atom is 0.246 e. The summed E-state index contributed by atoms with van der Waals surface area (Å²) < 4.78 is 30.3. The third kappa shape index (κ3) is 22.6. The summed E-state index contributed by atoms with van der Waals surface area (Å²) in [6.45, 7) is 6.23. The van der Waals surface area contributed by atoms with Gasteiger partial charge in [0.15, 0.2) is 11.6 Å².